The van der Waals surface area contributed by atoms with Crippen molar-refractivity contribution in [2.75, 3.05) is 4.90 Å². The molecule has 69 heavy (non-hydrogen) atoms. The molecule has 0 N–H and O–H groups in total. The highest BCUT2D eigenvalue weighted by Gasteiger charge is 2.52. The van der Waals surface area contributed by atoms with Gasteiger partial charge in [-0.15, -0.1) is 0 Å². The van der Waals surface area contributed by atoms with Crippen molar-refractivity contribution in [1.29, 1.82) is 0 Å². The maximum absolute atomic E-state index is 5.47. The quantitative estimate of drug-likeness (QED) is 0.167. The summed E-state index contributed by atoms with van der Waals surface area (Å²) >= 11 is 0. The van der Waals surface area contributed by atoms with Crippen molar-refractivity contribution in [2.24, 2.45) is 0 Å². The molecule has 0 radical (unpaired) electrons. The maximum Gasteiger partial charge on any atom is 0.160 e. The Balaban J connectivity index is 1.06. The predicted octanol–water partition coefficient (Wildman–Crippen LogP) is 16.4. The Bertz CT molecular complexity index is 3850. The highest BCUT2D eigenvalue weighted by atomic mass is 15.2. The Labute approximate surface area is 400 Å². The second-order valence-electron chi connectivity index (χ2n) is 18.1. The average molecular weight is 879 g/mol. The van der Waals surface area contributed by atoms with Crippen LogP contribution < -0.4 is 4.90 Å². The largest absolute Gasteiger partial charge is 0.310 e. The molecule has 0 amide bonds. The van der Waals surface area contributed by atoms with Crippen molar-refractivity contribution < 1.29 is 0 Å². The number of aromatic nitrogens is 3. The second kappa shape index (κ2) is 15.5. The monoisotopic (exact) mass is 878 g/mol. The van der Waals surface area contributed by atoms with Gasteiger partial charge in [-0.2, -0.15) is 0 Å². The molecule has 2 aromatic heterocycles. The van der Waals surface area contributed by atoms with Crippen molar-refractivity contribution in [1.82, 2.24) is 14.5 Å². The van der Waals surface area contributed by atoms with Crippen molar-refractivity contribution in [3.05, 3.63) is 277 Å². The first-order chi connectivity index (χ1) is 34.2. The average Bonchev–Trinajstić information content (AvgIpc) is 3.92. The second-order valence-corrected chi connectivity index (χ2v) is 18.1. The summed E-state index contributed by atoms with van der Waals surface area (Å²) in [6.45, 7) is 0. The number of hydrogen-bond acceptors (Lipinski definition) is 3. The van der Waals surface area contributed by atoms with E-state index in [-0.39, 0.29) is 0 Å². The molecule has 0 bridgehead atoms. The fourth-order valence-electron chi connectivity index (χ4n) is 11.5. The molecule has 1 spiro atoms. The zero-order valence-corrected chi connectivity index (χ0v) is 37.5. The molecule has 0 saturated heterocycles. The minimum Gasteiger partial charge on any atom is -0.310 e. The van der Waals surface area contributed by atoms with Crippen LogP contribution in [0.2, 0.25) is 0 Å². The summed E-state index contributed by atoms with van der Waals surface area (Å²) in [5.41, 5.74) is 20.9. The number of hydrogen-bond donors (Lipinski definition) is 0. The van der Waals surface area contributed by atoms with Crippen LogP contribution in [0.5, 0.6) is 0 Å². The number of anilines is 3. The summed E-state index contributed by atoms with van der Waals surface area (Å²) in [7, 11) is 0. The van der Waals surface area contributed by atoms with Crippen molar-refractivity contribution in [3.8, 4) is 61.8 Å². The number of nitrogens with zero attached hydrogens (tertiary/aromatic N) is 4. The molecular formula is C65H42N4. The smallest absolute Gasteiger partial charge is 0.160 e. The standard InChI is InChI=1S/C65H42N4/c1-5-20-43(21-6-1)57-42-58(67-64(66-57)44-22-7-2-8-23-44)50-29-19-32-56-63(50)52-41-45(46-37-39-60-51(40-46)49-28-13-16-33-59(49)68(60)47-24-9-3-10-25-47)36-38-53(52)65(56)54-30-14-17-34-61(54)69(48-26-11-4-12-27-48)62-35-18-15-31-55(62)65/h1-42H. The highest BCUT2D eigenvalue weighted by molar-refractivity contribution is 6.11. The summed E-state index contributed by atoms with van der Waals surface area (Å²) < 4.78 is 2.38. The summed E-state index contributed by atoms with van der Waals surface area (Å²) in [5, 5.41) is 2.46. The molecule has 14 rings (SSSR count). The third-order valence-corrected chi connectivity index (χ3v) is 14.4. The van der Waals surface area contributed by atoms with Crippen molar-refractivity contribution >= 4 is 38.9 Å². The van der Waals surface area contributed by atoms with E-state index in [1.165, 1.54) is 60.8 Å². The van der Waals surface area contributed by atoms with Gasteiger partial charge in [-0.3, -0.25) is 0 Å². The summed E-state index contributed by atoms with van der Waals surface area (Å²) in [5.74, 6) is 0.695. The lowest BCUT2D eigenvalue weighted by Gasteiger charge is -2.45. The van der Waals surface area contributed by atoms with Gasteiger partial charge in [-0.25, -0.2) is 9.97 Å². The predicted molar refractivity (Wildman–Crippen MR) is 284 cm³/mol. The van der Waals surface area contributed by atoms with Gasteiger partial charge in [0.1, 0.15) is 0 Å². The first-order valence-corrected chi connectivity index (χ1v) is 23.7. The van der Waals surface area contributed by atoms with Crippen LogP contribution >= 0.6 is 0 Å². The molecule has 0 saturated carbocycles. The Hall–Kier alpha value is -9.12. The van der Waals surface area contributed by atoms with Crippen molar-refractivity contribution in [2.45, 2.75) is 5.41 Å². The molecular weight excluding hydrogens is 837 g/mol. The Morgan fingerprint density at radius 3 is 1.59 bits per heavy atom. The lowest BCUT2D eigenvalue weighted by atomic mass is 9.64. The Morgan fingerprint density at radius 2 is 0.870 bits per heavy atom. The maximum atomic E-state index is 5.47. The van der Waals surface area contributed by atoms with Crippen LogP contribution in [0.3, 0.4) is 0 Å². The first-order valence-electron chi connectivity index (χ1n) is 23.7. The van der Waals surface area contributed by atoms with Gasteiger partial charge < -0.3 is 9.47 Å². The van der Waals surface area contributed by atoms with Crippen LogP contribution in [-0.4, -0.2) is 14.5 Å². The number of fused-ring (bicyclic) bond motifs is 12. The van der Waals surface area contributed by atoms with Gasteiger partial charge in [0.15, 0.2) is 5.82 Å². The lowest BCUT2D eigenvalue weighted by Crippen LogP contribution is -2.36. The molecule has 0 unspecified atom stereocenters. The van der Waals surface area contributed by atoms with Crippen LogP contribution in [0.1, 0.15) is 22.3 Å². The van der Waals surface area contributed by atoms with E-state index in [0.717, 1.165) is 56.4 Å². The molecule has 3 heterocycles. The van der Waals surface area contributed by atoms with E-state index in [4.69, 9.17) is 9.97 Å². The van der Waals surface area contributed by atoms with Gasteiger partial charge in [0.25, 0.3) is 0 Å². The van der Waals surface area contributed by atoms with E-state index in [0.29, 0.717) is 5.82 Å². The molecule has 1 aliphatic carbocycles. The summed E-state index contributed by atoms with van der Waals surface area (Å²) in [6, 6.07) is 92.4. The van der Waals surface area contributed by atoms with Crippen LogP contribution in [0.25, 0.3) is 83.6 Å². The van der Waals surface area contributed by atoms with Gasteiger partial charge >= 0.3 is 0 Å². The van der Waals surface area contributed by atoms with Gasteiger partial charge in [-0.05, 0) is 111 Å². The van der Waals surface area contributed by atoms with E-state index < -0.39 is 5.41 Å². The van der Waals surface area contributed by atoms with Crippen LogP contribution in [0.4, 0.5) is 17.1 Å². The van der Waals surface area contributed by atoms with Crippen molar-refractivity contribution in [3.63, 3.8) is 0 Å². The number of para-hydroxylation sites is 5. The lowest BCUT2D eigenvalue weighted by molar-refractivity contribution is 0.753. The van der Waals surface area contributed by atoms with E-state index >= 15 is 0 Å². The normalized spacial score (nSPS) is 13.0. The number of rotatable bonds is 6. The van der Waals surface area contributed by atoms with E-state index in [9.17, 15) is 0 Å². The third-order valence-electron chi connectivity index (χ3n) is 14.4. The third kappa shape index (κ3) is 5.89. The van der Waals surface area contributed by atoms with Gasteiger partial charge in [0, 0.05) is 38.8 Å². The molecule has 4 heteroatoms. The minimum absolute atomic E-state index is 0.651. The van der Waals surface area contributed by atoms with Crippen LogP contribution in [0, 0.1) is 0 Å². The molecule has 12 aromatic rings. The molecule has 4 nitrogen and oxygen atoms in total. The van der Waals surface area contributed by atoms with Gasteiger partial charge in [0.05, 0.1) is 39.2 Å². The minimum atomic E-state index is -0.651. The van der Waals surface area contributed by atoms with E-state index in [1.807, 2.05) is 6.07 Å². The summed E-state index contributed by atoms with van der Waals surface area (Å²) in [4.78, 5) is 13.1. The highest BCUT2D eigenvalue weighted by Crippen LogP contribution is 2.65. The molecule has 10 aromatic carbocycles. The zero-order chi connectivity index (χ0) is 45.5. The topological polar surface area (TPSA) is 34.0 Å². The number of benzene rings is 10. The fraction of sp³-hybridized carbons (Fsp3) is 0.0154. The first kappa shape index (κ1) is 39.1. The molecule has 1 aliphatic heterocycles. The van der Waals surface area contributed by atoms with Gasteiger partial charge in [-0.1, -0.05) is 188 Å². The van der Waals surface area contributed by atoms with E-state index in [2.05, 4.69) is 258 Å². The van der Waals surface area contributed by atoms with E-state index in [1.54, 1.807) is 0 Å². The Morgan fingerprint density at radius 1 is 0.319 bits per heavy atom. The van der Waals surface area contributed by atoms with Crippen LogP contribution in [-0.2, 0) is 5.41 Å². The Kier molecular flexibility index (Phi) is 8.77. The summed E-state index contributed by atoms with van der Waals surface area (Å²) in [6.07, 6.45) is 0. The molecule has 0 fully saturated rings. The fourth-order valence-corrected chi connectivity index (χ4v) is 11.5. The SMILES string of the molecule is c1ccc(-c2cc(-c3cccc4c3-c3cc(-c5ccc6c(c5)c5ccccc5n6-c5ccccc5)ccc3C43c4ccccc4N(c4ccccc4)c4ccccc43)nc(-c3ccccc3)n2)cc1. The molecule has 322 valence electrons. The van der Waals surface area contributed by atoms with Crippen LogP contribution in [0.15, 0.2) is 255 Å². The molecule has 2 aliphatic rings. The molecule has 0 atom stereocenters. The van der Waals surface area contributed by atoms with Gasteiger partial charge in [0.2, 0.25) is 0 Å². The zero-order valence-electron chi connectivity index (χ0n) is 37.5.